The van der Waals surface area contributed by atoms with Gasteiger partial charge in [0.2, 0.25) is 0 Å². The highest BCUT2D eigenvalue weighted by Crippen LogP contribution is 2.23. The first-order valence-electron chi connectivity index (χ1n) is 6.56. The minimum Gasteiger partial charge on any atom is -0.508 e. The number of hydrogen-bond donors (Lipinski definition) is 1. The highest BCUT2D eigenvalue weighted by Gasteiger charge is 2.21. The highest BCUT2D eigenvalue weighted by molar-refractivity contribution is 5.75. The number of ether oxygens (including phenoxy) is 2. The Morgan fingerprint density at radius 1 is 1.21 bits per heavy atom. The van der Waals surface area contributed by atoms with Crippen molar-refractivity contribution in [2.24, 2.45) is 0 Å². The van der Waals surface area contributed by atoms with E-state index in [0.29, 0.717) is 19.6 Å². The minimum atomic E-state index is -0.590. The molecule has 0 saturated carbocycles. The smallest absolute Gasteiger partial charge is 0.335 e. The summed E-state index contributed by atoms with van der Waals surface area (Å²) >= 11 is 0. The lowest BCUT2D eigenvalue weighted by molar-refractivity contribution is -0.156. The minimum absolute atomic E-state index is 0.269. The van der Waals surface area contributed by atoms with Crippen LogP contribution in [0.3, 0.4) is 0 Å². The van der Waals surface area contributed by atoms with Gasteiger partial charge < -0.3 is 14.6 Å². The molecule has 0 saturated heterocycles. The Balaban J connectivity index is 2.90. The average molecular weight is 266 g/mol. The summed E-state index contributed by atoms with van der Waals surface area (Å²) in [6, 6.07) is 3.59. The molecule has 0 fully saturated rings. The van der Waals surface area contributed by atoms with E-state index in [1.54, 1.807) is 13.0 Å². The molecule has 4 nitrogen and oxygen atoms in total. The Bertz CT molecular complexity index is 440. The van der Waals surface area contributed by atoms with Crippen LogP contribution in [0.25, 0.3) is 0 Å². The predicted octanol–water partition coefficient (Wildman–Crippen LogP) is 2.52. The van der Waals surface area contributed by atoms with E-state index < -0.39 is 6.10 Å². The van der Waals surface area contributed by atoms with Gasteiger partial charge in [0.25, 0.3) is 0 Å². The van der Waals surface area contributed by atoms with Crippen molar-refractivity contribution in [3.05, 3.63) is 28.8 Å². The number of hydrogen-bond acceptors (Lipinski definition) is 4. The number of aromatic hydroxyl groups is 1. The normalized spacial score (nSPS) is 12.2. The fourth-order valence-corrected chi connectivity index (χ4v) is 1.93. The van der Waals surface area contributed by atoms with Gasteiger partial charge in [-0.15, -0.1) is 0 Å². The summed E-state index contributed by atoms with van der Waals surface area (Å²) in [6.45, 7) is 8.16. The van der Waals surface area contributed by atoms with Gasteiger partial charge in [0, 0.05) is 13.0 Å². The molecule has 0 radical (unpaired) electrons. The van der Waals surface area contributed by atoms with E-state index in [1.807, 2.05) is 26.8 Å². The van der Waals surface area contributed by atoms with Gasteiger partial charge in [-0.1, -0.05) is 6.07 Å². The SMILES string of the molecule is CCOC(=O)C(Cc1cc(C)c(O)cc1C)OCC. The first-order valence-corrected chi connectivity index (χ1v) is 6.56. The van der Waals surface area contributed by atoms with Crippen molar-refractivity contribution in [1.82, 2.24) is 0 Å². The van der Waals surface area contributed by atoms with Crippen molar-refractivity contribution in [2.45, 2.75) is 40.2 Å². The number of carbonyl (C=O) groups excluding carboxylic acids is 1. The molecule has 1 N–H and O–H groups in total. The lowest BCUT2D eigenvalue weighted by atomic mass is 9.99. The van der Waals surface area contributed by atoms with Crippen LogP contribution in [0.4, 0.5) is 0 Å². The van der Waals surface area contributed by atoms with Crippen LogP contribution < -0.4 is 0 Å². The first-order chi connectivity index (χ1) is 8.99. The van der Waals surface area contributed by atoms with Crippen LogP contribution in [0.1, 0.15) is 30.5 Å². The lowest BCUT2D eigenvalue weighted by Gasteiger charge is -2.17. The summed E-state index contributed by atoms with van der Waals surface area (Å²) in [7, 11) is 0. The second-order valence-corrected chi connectivity index (χ2v) is 4.47. The monoisotopic (exact) mass is 266 g/mol. The Kier molecular flexibility index (Phi) is 5.83. The molecule has 1 aromatic carbocycles. The summed E-state index contributed by atoms with van der Waals surface area (Å²) in [5.41, 5.74) is 2.72. The molecule has 4 heteroatoms. The molecule has 1 unspecified atom stereocenters. The van der Waals surface area contributed by atoms with Gasteiger partial charge in [0.05, 0.1) is 6.61 Å². The standard InChI is InChI=1S/C15H22O4/c1-5-18-14(15(17)19-6-2)9-12-7-11(4)13(16)8-10(12)3/h7-8,14,16H,5-6,9H2,1-4H3. The van der Waals surface area contributed by atoms with Crippen LogP contribution in [0, 0.1) is 13.8 Å². The number of carbonyl (C=O) groups is 1. The van der Waals surface area contributed by atoms with E-state index in [-0.39, 0.29) is 11.7 Å². The molecule has 0 aliphatic heterocycles. The number of benzene rings is 1. The Morgan fingerprint density at radius 3 is 2.47 bits per heavy atom. The molecule has 1 rings (SSSR count). The highest BCUT2D eigenvalue weighted by atomic mass is 16.6. The van der Waals surface area contributed by atoms with Crippen molar-refractivity contribution in [2.75, 3.05) is 13.2 Å². The van der Waals surface area contributed by atoms with Crippen molar-refractivity contribution in [3.63, 3.8) is 0 Å². The zero-order chi connectivity index (χ0) is 14.4. The van der Waals surface area contributed by atoms with E-state index in [9.17, 15) is 9.90 Å². The van der Waals surface area contributed by atoms with E-state index in [1.165, 1.54) is 0 Å². The molecule has 0 bridgehead atoms. The molecule has 1 atom stereocenters. The van der Waals surface area contributed by atoms with Crippen LogP contribution in [0.2, 0.25) is 0 Å². The topological polar surface area (TPSA) is 55.8 Å². The maximum atomic E-state index is 11.8. The lowest BCUT2D eigenvalue weighted by Crippen LogP contribution is -2.29. The fraction of sp³-hybridized carbons (Fsp3) is 0.533. The number of aryl methyl sites for hydroxylation is 2. The number of rotatable bonds is 6. The third-order valence-electron chi connectivity index (χ3n) is 2.98. The molecule has 19 heavy (non-hydrogen) atoms. The molecule has 0 aliphatic carbocycles. The largest absolute Gasteiger partial charge is 0.508 e. The zero-order valence-electron chi connectivity index (χ0n) is 12.0. The molecule has 0 amide bonds. The summed E-state index contributed by atoms with van der Waals surface area (Å²) in [6.07, 6.45) is -0.132. The van der Waals surface area contributed by atoms with Gasteiger partial charge in [-0.2, -0.15) is 0 Å². The van der Waals surface area contributed by atoms with E-state index in [0.717, 1.165) is 16.7 Å². The van der Waals surface area contributed by atoms with Crippen molar-refractivity contribution < 1.29 is 19.4 Å². The van der Waals surface area contributed by atoms with Crippen LogP contribution in [0.5, 0.6) is 5.75 Å². The van der Waals surface area contributed by atoms with Gasteiger partial charge in [-0.25, -0.2) is 4.79 Å². The second kappa shape index (κ2) is 7.14. The molecular weight excluding hydrogens is 244 g/mol. The molecule has 0 spiro atoms. The Morgan fingerprint density at radius 2 is 1.89 bits per heavy atom. The molecule has 1 aromatic rings. The van der Waals surface area contributed by atoms with E-state index in [2.05, 4.69) is 0 Å². The van der Waals surface area contributed by atoms with Crippen LogP contribution in [-0.2, 0) is 20.7 Å². The summed E-state index contributed by atoms with van der Waals surface area (Å²) in [4.78, 5) is 11.8. The van der Waals surface area contributed by atoms with Gasteiger partial charge in [0.15, 0.2) is 6.10 Å². The second-order valence-electron chi connectivity index (χ2n) is 4.47. The molecule has 0 heterocycles. The van der Waals surface area contributed by atoms with Crippen LogP contribution >= 0.6 is 0 Å². The summed E-state index contributed by atoms with van der Waals surface area (Å²) in [5.74, 6) is -0.0696. The van der Waals surface area contributed by atoms with Gasteiger partial charge in [-0.05, 0) is 50.5 Å². The quantitative estimate of drug-likeness (QED) is 0.804. The number of phenols is 1. The Labute approximate surface area is 114 Å². The van der Waals surface area contributed by atoms with Crippen molar-refractivity contribution >= 4 is 5.97 Å². The molecule has 106 valence electrons. The third-order valence-corrected chi connectivity index (χ3v) is 2.98. The first kappa shape index (κ1) is 15.5. The number of phenolic OH excluding ortho intramolecular Hbond substituents is 1. The zero-order valence-corrected chi connectivity index (χ0v) is 12.0. The average Bonchev–Trinajstić information content (AvgIpc) is 2.35. The fourth-order valence-electron chi connectivity index (χ4n) is 1.93. The van der Waals surface area contributed by atoms with Gasteiger partial charge in [0.1, 0.15) is 5.75 Å². The molecular formula is C15H22O4. The van der Waals surface area contributed by atoms with Crippen molar-refractivity contribution in [3.8, 4) is 5.75 Å². The van der Waals surface area contributed by atoms with Crippen LogP contribution in [-0.4, -0.2) is 30.4 Å². The van der Waals surface area contributed by atoms with E-state index >= 15 is 0 Å². The van der Waals surface area contributed by atoms with Gasteiger partial charge in [-0.3, -0.25) is 0 Å². The maximum absolute atomic E-state index is 11.8. The third kappa shape index (κ3) is 4.24. The summed E-state index contributed by atoms with van der Waals surface area (Å²) in [5, 5.41) is 9.63. The van der Waals surface area contributed by atoms with Crippen LogP contribution in [0.15, 0.2) is 12.1 Å². The molecule has 0 aliphatic rings. The summed E-state index contributed by atoms with van der Waals surface area (Å²) < 4.78 is 10.5. The molecule has 0 aromatic heterocycles. The van der Waals surface area contributed by atoms with E-state index in [4.69, 9.17) is 9.47 Å². The van der Waals surface area contributed by atoms with Gasteiger partial charge >= 0.3 is 5.97 Å². The predicted molar refractivity (Wildman–Crippen MR) is 73.3 cm³/mol. The maximum Gasteiger partial charge on any atom is 0.335 e. The van der Waals surface area contributed by atoms with Crippen molar-refractivity contribution in [1.29, 1.82) is 0 Å². The Hall–Kier alpha value is -1.55. The number of esters is 1.